The average molecular weight is 101 g/mol. The fourth-order valence-corrected chi connectivity index (χ4v) is 0.602. The van der Waals surface area contributed by atoms with E-state index in [2.05, 4.69) is 5.32 Å². The molecule has 7 heavy (non-hydrogen) atoms. The van der Waals surface area contributed by atoms with Gasteiger partial charge in [-0.1, -0.05) is 0 Å². The average Bonchev–Trinajstić information content (AvgIpc) is 1.63. The van der Waals surface area contributed by atoms with Crippen LogP contribution in [-0.2, 0) is 0 Å². The van der Waals surface area contributed by atoms with Gasteiger partial charge in [-0.15, -0.1) is 0 Å². The van der Waals surface area contributed by atoms with E-state index < -0.39 is 0 Å². The second-order valence-electron chi connectivity index (χ2n) is 2.62. The predicted octanol–water partition coefficient (Wildman–Crippen LogP) is -0.271. The Bertz CT molecular complexity index is 80.1. The van der Waals surface area contributed by atoms with Crippen LogP contribution < -0.4 is 5.32 Å². The molecule has 0 saturated carbocycles. The third-order valence-corrected chi connectivity index (χ3v) is 1.58. The van der Waals surface area contributed by atoms with Gasteiger partial charge in [-0.2, -0.15) is 0 Å². The van der Waals surface area contributed by atoms with E-state index in [1.54, 1.807) is 0 Å². The fourth-order valence-electron chi connectivity index (χ4n) is 0.602. The predicted molar refractivity (Wildman–Crippen MR) is 28.1 cm³/mol. The molecular weight excluding hydrogens is 90.1 g/mol. The molecule has 0 bridgehead atoms. The highest BCUT2D eigenvalue weighted by Gasteiger charge is 2.35. The molecule has 0 aromatic rings. The Morgan fingerprint density at radius 3 is 2.14 bits per heavy atom. The first-order chi connectivity index (χ1) is 3.13. The summed E-state index contributed by atoms with van der Waals surface area (Å²) in [5.74, 6) is 0. The van der Waals surface area contributed by atoms with E-state index >= 15 is 0 Å². The normalized spacial score (nSPS) is 37.3. The van der Waals surface area contributed by atoms with Gasteiger partial charge in [0.1, 0.15) is 0 Å². The van der Waals surface area contributed by atoms with Gasteiger partial charge in [-0.05, 0) is 13.8 Å². The minimum Gasteiger partial charge on any atom is -0.390 e. The Hall–Kier alpha value is -0.0800. The first kappa shape index (κ1) is 5.06. The zero-order chi connectivity index (χ0) is 5.49. The van der Waals surface area contributed by atoms with Gasteiger partial charge in [-0.3, -0.25) is 0 Å². The van der Waals surface area contributed by atoms with Crippen LogP contribution in [0.15, 0.2) is 0 Å². The highest BCUT2D eigenvalue weighted by atomic mass is 16.3. The summed E-state index contributed by atoms with van der Waals surface area (Å²) in [5, 5.41) is 12.0. The molecule has 2 heteroatoms. The molecule has 0 aromatic heterocycles. The van der Waals surface area contributed by atoms with Crippen LogP contribution in [0, 0.1) is 0 Å². The molecule has 2 nitrogen and oxygen atoms in total. The Kier molecular flexibility index (Phi) is 0.869. The van der Waals surface area contributed by atoms with Crippen molar-refractivity contribution in [2.45, 2.75) is 25.5 Å². The molecule has 1 aliphatic rings. The van der Waals surface area contributed by atoms with Crippen molar-refractivity contribution in [1.82, 2.24) is 5.32 Å². The van der Waals surface area contributed by atoms with Gasteiger partial charge < -0.3 is 10.4 Å². The Morgan fingerprint density at radius 2 is 2.14 bits per heavy atom. The summed E-state index contributed by atoms with van der Waals surface area (Å²) in [6.45, 7) is 4.73. The van der Waals surface area contributed by atoms with E-state index in [9.17, 15) is 0 Å². The zero-order valence-corrected chi connectivity index (χ0v) is 4.73. The van der Waals surface area contributed by atoms with Crippen LogP contribution in [0.3, 0.4) is 0 Å². The van der Waals surface area contributed by atoms with Crippen LogP contribution in [0.4, 0.5) is 0 Å². The van der Waals surface area contributed by atoms with Gasteiger partial charge in [0.15, 0.2) is 0 Å². The molecule has 1 fully saturated rings. The minimum atomic E-state index is -0.132. The van der Waals surface area contributed by atoms with Crippen LogP contribution in [0.25, 0.3) is 0 Å². The lowest BCUT2D eigenvalue weighted by molar-refractivity contribution is 0.00925. The van der Waals surface area contributed by atoms with Crippen LogP contribution >= 0.6 is 0 Å². The zero-order valence-electron chi connectivity index (χ0n) is 4.73. The SMILES string of the molecule is CC1(C)NCC1O. The standard InChI is InChI=1S/C5H11NO/c1-5(2)4(7)3-6-5/h4,6-7H,3H2,1-2H3. The van der Waals surface area contributed by atoms with Crippen molar-refractivity contribution in [3.63, 3.8) is 0 Å². The Morgan fingerprint density at radius 1 is 1.71 bits per heavy atom. The van der Waals surface area contributed by atoms with Crippen molar-refractivity contribution in [3.8, 4) is 0 Å². The second-order valence-corrected chi connectivity index (χ2v) is 2.62. The quantitative estimate of drug-likeness (QED) is 0.440. The second kappa shape index (κ2) is 1.20. The number of hydrogen-bond donors (Lipinski definition) is 2. The van der Waals surface area contributed by atoms with E-state index in [0.717, 1.165) is 6.54 Å². The molecule has 1 rings (SSSR count). The maximum Gasteiger partial charge on any atom is 0.0840 e. The topological polar surface area (TPSA) is 32.3 Å². The maximum absolute atomic E-state index is 8.91. The molecule has 42 valence electrons. The number of β-amino-alcohol motifs (C(OH)–C–C–N with tert-alkyl or cyclic N) is 1. The number of hydrogen-bond acceptors (Lipinski definition) is 2. The Labute approximate surface area is 43.5 Å². The van der Waals surface area contributed by atoms with Gasteiger partial charge in [0.05, 0.1) is 6.10 Å². The monoisotopic (exact) mass is 101 g/mol. The van der Waals surface area contributed by atoms with Crippen molar-refractivity contribution in [2.75, 3.05) is 6.54 Å². The number of rotatable bonds is 0. The molecule has 0 aliphatic carbocycles. The van der Waals surface area contributed by atoms with Gasteiger partial charge in [0, 0.05) is 12.1 Å². The largest absolute Gasteiger partial charge is 0.390 e. The lowest BCUT2D eigenvalue weighted by Crippen LogP contribution is -2.65. The highest BCUT2D eigenvalue weighted by Crippen LogP contribution is 2.16. The first-order valence-electron chi connectivity index (χ1n) is 2.56. The molecule has 1 unspecified atom stereocenters. The van der Waals surface area contributed by atoms with Crippen LogP contribution in [-0.4, -0.2) is 23.3 Å². The third kappa shape index (κ3) is 0.640. The van der Waals surface area contributed by atoms with Crippen molar-refractivity contribution in [2.24, 2.45) is 0 Å². The molecule has 1 atom stereocenters. The summed E-state index contributed by atoms with van der Waals surface area (Å²) in [6, 6.07) is 0. The van der Waals surface area contributed by atoms with E-state index in [1.165, 1.54) is 0 Å². The highest BCUT2D eigenvalue weighted by molar-refractivity contribution is 4.96. The third-order valence-electron chi connectivity index (χ3n) is 1.58. The smallest absolute Gasteiger partial charge is 0.0840 e. The summed E-state index contributed by atoms with van der Waals surface area (Å²) in [5.41, 5.74) is -0.0139. The lowest BCUT2D eigenvalue weighted by Gasteiger charge is -2.42. The van der Waals surface area contributed by atoms with Gasteiger partial charge in [-0.25, -0.2) is 0 Å². The molecule has 1 saturated heterocycles. The Balaban J connectivity index is 2.43. The molecular formula is C5H11NO. The molecule has 1 heterocycles. The van der Waals surface area contributed by atoms with E-state index in [0.29, 0.717) is 0 Å². The van der Waals surface area contributed by atoms with Crippen LogP contribution in [0.5, 0.6) is 0 Å². The lowest BCUT2D eigenvalue weighted by atomic mass is 9.89. The molecule has 1 aliphatic heterocycles. The van der Waals surface area contributed by atoms with Crippen LogP contribution in [0.1, 0.15) is 13.8 Å². The molecule has 0 aromatic carbocycles. The number of aliphatic hydroxyl groups is 1. The summed E-state index contributed by atoms with van der Waals surface area (Å²) in [6.07, 6.45) is -0.132. The van der Waals surface area contributed by atoms with Crippen molar-refractivity contribution in [1.29, 1.82) is 0 Å². The van der Waals surface area contributed by atoms with Crippen LogP contribution in [0.2, 0.25) is 0 Å². The van der Waals surface area contributed by atoms with Crippen molar-refractivity contribution in [3.05, 3.63) is 0 Å². The number of aliphatic hydroxyl groups excluding tert-OH is 1. The van der Waals surface area contributed by atoms with Gasteiger partial charge in [0.2, 0.25) is 0 Å². The van der Waals surface area contributed by atoms with Crippen molar-refractivity contribution < 1.29 is 5.11 Å². The summed E-state index contributed by atoms with van der Waals surface area (Å²) >= 11 is 0. The summed E-state index contributed by atoms with van der Waals surface area (Å²) < 4.78 is 0. The van der Waals surface area contributed by atoms with Gasteiger partial charge >= 0.3 is 0 Å². The summed E-state index contributed by atoms with van der Waals surface area (Å²) in [4.78, 5) is 0. The number of nitrogens with one attached hydrogen (secondary N) is 1. The van der Waals surface area contributed by atoms with E-state index in [-0.39, 0.29) is 11.6 Å². The first-order valence-corrected chi connectivity index (χ1v) is 2.56. The van der Waals surface area contributed by atoms with Crippen molar-refractivity contribution >= 4 is 0 Å². The molecule has 0 amide bonds. The van der Waals surface area contributed by atoms with Gasteiger partial charge in [0.25, 0.3) is 0 Å². The summed E-state index contributed by atoms with van der Waals surface area (Å²) in [7, 11) is 0. The van der Waals surface area contributed by atoms with E-state index in [4.69, 9.17) is 5.11 Å². The minimum absolute atomic E-state index is 0.0139. The van der Waals surface area contributed by atoms with E-state index in [1.807, 2.05) is 13.8 Å². The molecule has 2 N–H and O–H groups in total. The molecule has 0 radical (unpaired) electrons. The maximum atomic E-state index is 8.91. The molecule has 0 spiro atoms. The fraction of sp³-hybridized carbons (Fsp3) is 1.00.